The van der Waals surface area contributed by atoms with Gasteiger partial charge in [-0.25, -0.2) is 9.18 Å². The SMILES string of the molecule is COC(=O)[C@H](Cc1ccc(C(F)(F)F)cc1)NC(=O)c1cccc(F)c1. The third kappa shape index (κ3) is 5.05. The number of carbonyl (C=O) groups is 2. The van der Waals surface area contributed by atoms with Crippen LogP contribution in [0.2, 0.25) is 0 Å². The number of nitrogens with one attached hydrogen (secondary N) is 1. The quantitative estimate of drug-likeness (QED) is 0.650. The molecule has 0 unspecified atom stereocenters. The zero-order valence-electron chi connectivity index (χ0n) is 13.6. The fraction of sp³-hybridized carbons (Fsp3) is 0.222. The summed E-state index contributed by atoms with van der Waals surface area (Å²) in [5.41, 5.74) is -0.418. The van der Waals surface area contributed by atoms with Gasteiger partial charge in [-0.3, -0.25) is 4.79 Å². The Hall–Kier alpha value is -2.90. The molecule has 2 rings (SSSR count). The maximum absolute atomic E-state index is 13.2. The van der Waals surface area contributed by atoms with Crippen molar-refractivity contribution < 1.29 is 31.9 Å². The first kappa shape index (κ1) is 19.4. The van der Waals surface area contributed by atoms with Crippen LogP contribution in [-0.2, 0) is 22.1 Å². The van der Waals surface area contributed by atoms with E-state index in [4.69, 9.17) is 0 Å². The van der Waals surface area contributed by atoms with Gasteiger partial charge in [0.2, 0.25) is 0 Å². The minimum absolute atomic E-state index is 0.00585. The number of methoxy groups -OCH3 is 1. The van der Waals surface area contributed by atoms with Crippen molar-refractivity contribution in [3.05, 3.63) is 71.0 Å². The van der Waals surface area contributed by atoms with E-state index in [1.54, 1.807) is 0 Å². The molecule has 0 aromatic heterocycles. The van der Waals surface area contributed by atoms with E-state index in [9.17, 15) is 27.2 Å². The average Bonchev–Trinajstić information content (AvgIpc) is 2.60. The summed E-state index contributed by atoms with van der Waals surface area (Å²) < 4.78 is 55.6. The smallest absolute Gasteiger partial charge is 0.416 e. The van der Waals surface area contributed by atoms with Gasteiger partial charge >= 0.3 is 12.1 Å². The summed E-state index contributed by atoms with van der Waals surface area (Å²) in [6.07, 6.45) is -4.54. The molecule has 2 aromatic carbocycles. The van der Waals surface area contributed by atoms with E-state index in [1.807, 2.05) is 0 Å². The maximum Gasteiger partial charge on any atom is 0.416 e. The summed E-state index contributed by atoms with van der Waals surface area (Å²) in [6, 6.07) is 7.94. The molecule has 2 aromatic rings. The zero-order chi connectivity index (χ0) is 19.3. The van der Waals surface area contributed by atoms with Gasteiger partial charge in [0, 0.05) is 12.0 Å². The second kappa shape index (κ2) is 7.99. The van der Waals surface area contributed by atoms with Gasteiger partial charge in [0.1, 0.15) is 11.9 Å². The van der Waals surface area contributed by atoms with E-state index in [1.165, 1.54) is 24.3 Å². The van der Waals surface area contributed by atoms with Crippen molar-refractivity contribution in [2.45, 2.75) is 18.6 Å². The average molecular weight is 369 g/mol. The third-order valence-electron chi connectivity index (χ3n) is 3.60. The Balaban J connectivity index is 2.15. The Kier molecular flexibility index (Phi) is 5.97. The molecule has 4 nitrogen and oxygen atoms in total. The molecule has 0 fully saturated rings. The molecule has 0 saturated carbocycles. The lowest BCUT2D eigenvalue weighted by atomic mass is 10.0. The molecular weight excluding hydrogens is 354 g/mol. The molecular formula is C18H15F4NO3. The molecule has 1 amide bonds. The number of carbonyl (C=O) groups excluding carboxylic acids is 2. The summed E-state index contributed by atoms with van der Waals surface area (Å²) >= 11 is 0. The maximum atomic E-state index is 13.2. The second-order valence-corrected chi connectivity index (χ2v) is 5.46. The van der Waals surface area contributed by atoms with Crippen molar-refractivity contribution in [2.24, 2.45) is 0 Å². The van der Waals surface area contributed by atoms with Gasteiger partial charge in [0.25, 0.3) is 5.91 Å². The molecule has 1 N–H and O–H groups in total. The third-order valence-corrected chi connectivity index (χ3v) is 3.60. The summed E-state index contributed by atoms with van der Waals surface area (Å²) in [7, 11) is 1.12. The molecule has 0 aliphatic rings. The monoisotopic (exact) mass is 369 g/mol. The highest BCUT2D eigenvalue weighted by Crippen LogP contribution is 2.29. The van der Waals surface area contributed by atoms with Crippen molar-refractivity contribution in [3.63, 3.8) is 0 Å². The van der Waals surface area contributed by atoms with Crippen LogP contribution in [0.5, 0.6) is 0 Å². The number of ether oxygens (including phenoxy) is 1. The Morgan fingerprint density at radius 2 is 1.77 bits per heavy atom. The predicted octanol–water partition coefficient (Wildman–Crippen LogP) is 3.36. The van der Waals surface area contributed by atoms with Gasteiger partial charge in [-0.15, -0.1) is 0 Å². The molecule has 0 heterocycles. The van der Waals surface area contributed by atoms with Crippen molar-refractivity contribution >= 4 is 11.9 Å². The lowest BCUT2D eigenvalue weighted by molar-refractivity contribution is -0.143. The Labute approximate surface area is 146 Å². The van der Waals surface area contributed by atoms with E-state index in [0.29, 0.717) is 5.56 Å². The lowest BCUT2D eigenvalue weighted by Gasteiger charge is -2.17. The molecule has 0 saturated heterocycles. The second-order valence-electron chi connectivity index (χ2n) is 5.46. The highest BCUT2D eigenvalue weighted by Gasteiger charge is 2.30. The van der Waals surface area contributed by atoms with Crippen LogP contribution in [0.1, 0.15) is 21.5 Å². The van der Waals surface area contributed by atoms with E-state index in [-0.39, 0.29) is 12.0 Å². The number of alkyl halides is 3. The zero-order valence-corrected chi connectivity index (χ0v) is 13.6. The fourth-order valence-electron chi connectivity index (χ4n) is 2.27. The van der Waals surface area contributed by atoms with Crippen LogP contribution >= 0.6 is 0 Å². The standard InChI is InChI=1S/C18H15F4NO3/c1-26-17(25)15(23-16(24)12-3-2-4-14(19)10-12)9-11-5-7-13(8-6-11)18(20,21)22/h2-8,10,15H,9H2,1H3,(H,23,24)/t15-/m0/s1. The van der Waals surface area contributed by atoms with Crippen molar-refractivity contribution in [1.29, 1.82) is 0 Å². The molecule has 1 atom stereocenters. The van der Waals surface area contributed by atoms with Crippen molar-refractivity contribution in [2.75, 3.05) is 7.11 Å². The number of hydrogen-bond donors (Lipinski definition) is 1. The Bertz CT molecular complexity index is 788. The van der Waals surface area contributed by atoms with E-state index in [0.717, 1.165) is 31.4 Å². The molecule has 26 heavy (non-hydrogen) atoms. The molecule has 0 bridgehead atoms. The molecule has 8 heteroatoms. The van der Waals surface area contributed by atoms with E-state index in [2.05, 4.69) is 10.1 Å². The van der Waals surface area contributed by atoms with Crippen LogP contribution in [0, 0.1) is 5.82 Å². The van der Waals surface area contributed by atoms with Crippen molar-refractivity contribution in [3.8, 4) is 0 Å². The molecule has 0 aliphatic heterocycles. The van der Waals surface area contributed by atoms with Crippen LogP contribution in [0.4, 0.5) is 17.6 Å². The van der Waals surface area contributed by atoms with Gasteiger partial charge in [0.05, 0.1) is 12.7 Å². The van der Waals surface area contributed by atoms with Gasteiger partial charge in [-0.05, 0) is 35.9 Å². The lowest BCUT2D eigenvalue weighted by Crippen LogP contribution is -2.43. The van der Waals surface area contributed by atoms with Crippen LogP contribution in [0.25, 0.3) is 0 Å². The van der Waals surface area contributed by atoms with Crippen molar-refractivity contribution in [1.82, 2.24) is 5.32 Å². The first-order valence-corrected chi connectivity index (χ1v) is 7.51. The summed E-state index contributed by atoms with van der Waals surface area (Å²) in [5.74, 6) is -2.09. The van der Waals surface area contributed by atoms with E-state index < -0.39 is 35.5 Å². The molecule has 138 valence electrons. The topological polar surface area (TPSA) is 55.4 Å². The number of benzene rings is 2. The normalized spacial score (nSPS) is 12.3. The van der Waals surface area contributed by atoms with Crippen LogP contribution in [0.15, 0.2) is 48.5 Å². The van der Waals surface area contributed by atoms with Crippen LogP contribution < -0.4 is 5.32 Å². The summed E-state index contributed by atoms with van der Waals surface area (Å²) in [4.78, 5) is 24.1. The number of hydrogen-bond acceptors (Lipinski definition) is 3. The van der Waals surface area contributed by atoms with Crippen LogP contribution in [0.3, 0.4) is 0 Å². The number of rotatable bonds is 5. The molecule has 0 spiro atoms. The largest absolute Gasteiger partial charge is 0.467 e. The minimum Gasteiger partial charge on any atom is -0.467 e. The number of halogens is 4. The van der Waals surface area contributed by atoms with Crippen LogP contribution in [-0.4, -0.2) is 25.0 Å². The fourth-order valence-corrected chi connectivity index (χ4v) is 2.27. The number of esters is 1. The first-order chi connectivity index (χ1) is 12.2. The Morgan fingerprint density at radius 1 is 1.12 bits per heavy atom. The van der Waals surface area contributed by atoms with Gasteiger partial charge in [-0.1, -0.05) is 18.2 Å². The summed E-state index contributed by atoms with van der Waals surface area (Å²) in [5, 5.41) is 2.40. The van der Waals surface area contributed by atoms with Gasteiger partial charge < -0.3 is 10.1 Å². The predicted molar refractivity (Wildman–Crippen MR) is 84.8 cm³/mol. The molecule has 0 radical (unpaired) electrons. The Morgan fingerprint density at radius 3 is 2.31 bits per heavy atom. The van der Waals surface area contributed by atoms with E-state index >= 15 is 0 Å². The van der Waals surface area contributed by atoms with Gasteiger partial charge in [-0.2, -0.15) is 13.2 Å². The molecule has 0 aliphatic carbocycles. The number of amides is 1. The highest BCUT2D eigenvalue weighted by atomic mass is 19.4. The minimum atomic E-state index is -4.47. The first-order valence-electron chi connectivity index (χ1n) is 7.51. The summed E-state index contributed by atoms with van der Waals surface area (Å²) in [6.45, 7) is 0. The van der Waals surface area contributed by atoms with Gasteiger partial charge in [0.15, 0.2) is 0 Å². The highest BCUT2D eigenvalue weighted by molar-refractivity contribution is 5.96.